The molecule has 2 unspecified atom stereocenters. The van der Waals surface area contributed by atoms with Crippen molar-refractivity contribution in [2.24, 2.45) is 0 Å². The van der Waals surface area contributed by atoms with Crippen LogP contribution in [-0.2, 0) is 6.40 Å². The van der Waals surface area contributed by atoms with Crippen molar-refractivity contribution in [2.45, 2.75) is 19.2 Å². The minimum atomic E-state index is -2.39. The number of rotatable bonds is 5. The van der Waals surface area contributed by atoms with E-state index in [0.29, 0.717) is 11.1 Å². The predicted octanol–water partition coefficient (Wildman–Crippen LogP) is 4.72. The normalized spacial score (nSPS) is 21.6. The van der Waals surface area contributed by atoms with Gasteiger partial charge >= 0.3 is 0 Å². The summed E-state index contributed by atoms with van der Waals surface area (Å²) in [6, 6.07) is 16.2. The Morgan fingerprint density at radius 3 is 2.29 bits per heavy atom. The van der Waals surface area contributed by atoms with E-state index in [1.54, 1.807) is 60.7 Å². The summed E-state index contributed by atoms with van der Waals surface area (Å²) >= 11 is 0. The SMILES string of the molecule is [2H]C(=C([2H])C([2H])([2H])C([2H])C([2H])c1ccccc1)c1ccccc1. The molecule has 0 saturated heterocycles. The molecule has 0 spiro atoms. The van der Waals surface area contributed by atoms with Gasteiger partial charge in [0.15, 0.2) is 0 Å². The van der Waals surface area contributed by atoms with Crippen molar-refractivity contribution in [2.75, 3.05) is 0 Å². The van der Waals surface area contributed by atoms with Gasteiger partial charge in [-0.15, -0.1) is 0 Å². The summed E-state index contributed by atoms with van der Waals surface area (Å²) in [6.45, 7) is 0. The Labute approximate surface area is 112 Å². The second-order valence-electron chi connectivity index (χ2n) is 3.50. The Kier molecular flexibility index (Phi) is 2.44. The summed E-state index contributed by atoms with van der Waals surface area (Å²) in [5, 5.41) is 0. The molecule has 2 aromatic carbocycles. The molecule has 0 aliphatic carbocycles. The van der Waals surface area contributed by atoms with Gasteiger partial charge in [-0.05, 0) is 30.3 Å². The predicted molar refractivity (Wildman–Crippen MR) is 74.9 cm³/mol. The highest BCUT2D eigenvalue weighted by Crippen LogP contribution is 2.07. The van der Waals surface area contributed by atoms with Gasteiger partial charge in [0.1, 0.15) is 0 Å². The number of hydrogen-bond donors (Lipinski definition) is 0. The van der Waals surface area contributed by atoms with Crippen LogP contribution in [0.4, 0.5) is 0 Å². The molecule has 0 aromatic heterocycles. The number of aryl methyl sites for hydroxylation is 1. The molecule has 0 aliphatic rings. The lowest BCUT2D eigenvalue weighted by atomic mass is 10.1. The van der Waals surface area contributed by atoms with E-state index in [1.807, 2.05) is 0 Å². The molecule has 2 atom stereocenters. The molecule has 0 amide bonds. The van der Waals surface area contributed by atoms with Gasteiger partial charge < -0.3 is 0 Å². The molecule has 86 valence electrons. The summed E-state index contributed by atoms with van der Waals surface area (Å²) in [7, 11) is 0. The number of hydrogen-bond acceptors (Lipinski definition) is 0. The zero-order valence-electron chi connectivity index (χ0n) is 15.4. The molecule has 0 bridgehead atoms. The van der Waals surface area contributed by atoms with Gasteiger partial charge in [-0.2, -0.15) is 0 Å². The van der Waals surface area contributed by atoms with E-state index >= 15 is 0 Å². The lowest BCUT2D eigenvalue weighted by molar-refractivity contribution is 0.845. The highest BCUT2D eigenvalue weighted by atomic mass is 14.0. The molecular formula is C17H18. The van der Waals surface area contributed by atoms with Crippen LogP contribution in [-0.4, -0.2) is 0 Å². The monoisotopic (exact) mass is 228 g/mol. The molecular weight excluding hydrogens is 204 g/mol. The van der Waals surface area contributed by atoms with Crippen LogP contribution in [0.2, 0.25) is 0 Å². The van der Waals surface area contributed by atoms with Gasteiger partial charge in [-0.1, -0.05) is 72.8 Å². The fourth-order valence-corrected chi connectivity index (χ4v) is 1.37. The molecule has 0 radical (unpaired) electrons. The Morgan fingerprint density at radius 1 is 0.941 bits per heavy atom. The number of benzene rings is 2. The Bertz CT molecular complexity index is 666. The van der Waals surface area contributed by atoms with Crippen molar-refractivity contribution in [3.8, 4) is 0 Å². The highest BCUT2D eigenvalue weighted by Gasteiger charge is 1.89. The van der Waals surface area contributed by atoms with Crippen LogP contribution in [0.15, 0.2) is 66.7 Å². The van der Waals surface area contributed by atoms with Crippen LogP contribution in [0.1, 0.15) is 32.1 Å². The van der Waals surface area contributed by atoms with Crippen LogP contribution in [0, 0.1) is 0 Å². The third kappa shape index (κ3) is 4.28. The highest BCUT2D eigenvalue weighted by molar-refractivity contribution is 5.48. The minimum absolute atomic E-state index is 0.256. The summed E-state index contributed by atoms with van der Waals surface area (Å²) in [5.41, 5.74) is 0.949. The maximum atomic E-state index is 8.12. The van der Waals surface area contributed by atoms with Gasteiger partial charge in [0, 0.05) is 5.48 Å². The van der Waals surface area contributed by atoms with E-state index < -0.39 is 25.2 Å². The lowest BCUT2D eigenvalue weighted by Gasteiger charge is -1.98. The lowest BCUT2D eigenvalue weighted by Crippen LogP contribution is -1.82. The first-order chi connectivity index (χ1) is 10.9. The van der Waals surface area contributed by atoms with Crippen molar-refractivity contribution in [1.82, 2.24) is 0 Å². The second-order valence-corrected chi connectivity index (χ2v) is 3.50. The van der Waals surface area contributed by atoms with E-state index in [-0.39, 0.29) is 6.05 Å². The summed E-state index contributed by atoms with van der Waals surface area (Å²) < 4.78 is 48.4. The first-order valence-corrected chi connectivity index (χ1v) is 5.48. The van der Waals surface area contributed by atoms with E-state index in [4.69, 9.17) is 8.22 Å². The zero-order valence-corrected chi connectivity index (χ0v) is 9.43. The standard InChI is InChI=1S/C17H18/c1-4-10-16(11-5-1)14-8-3-9-15-17-12-6-2-7-13-17/h1-2,4-8,10-14H,3,9,15H2/i3D2,8D,9D,14D,15D. The fourth-order valence-electron chi connectivity index (χ4n) is 1.37. The fraction of sp³-hybridized carbons (Fsp3) is 0.176. The molecule has 2 aromatic rings. The molecule has 0 saturated carbocycles. The minimum Gasteiger partial charge on any atom is -0.0839 e. The van der Waals surface area contributed by atoms with Crippen LogP contribution in [0.25, 0.3) is 6.05 Å². The van der Waals surface area contributed by atoms with Crippen LogP contribution in [0.5, 0.6) is 0 Å². The topological polar surface area (TPSA) is 0 Å². The van der Waals surface area contributed by atoms with Crippen LogP contribution >= 0.6 is 0 Å². The largest absolute Gasteiger partial charge is 0.0839 e. The molecule has 0 N–H and O–H groups in total. The first kappa shape index (κ1) is 6.20. The van der Waals surface area contributed by atoms with Crippen molar-refractivity contribution >= 4 is 6.05 Å². The van der Waals surface area contributed by atoms with Crippen LogP contribution < -0.4 is 0 Å². The van der Waals surface area contributed by atoms with Gasteiger partial charge in [-0.25, -0.2) is 0 Å². The van der Waals surface area contributed by atoms with Gasteiger partial charge in [0.25, 0.3) is 0 Å². The van der Waals surface area contributed by atoms with E-state index in [0.717, 1.165) is 0 Å². The van der Waals surface area contributed by atoms with Crippen molar-refractivity contribution in [3.63, 3.8) is 0 Å². The van der Waals surface area contributed by atoms with Crippen molar-refractivity contribution in [3.05, 3.63) is 77.8 Å². The van der Waals surface area contributed by atoms with Crippen molar-refractivity contribution < 1.29 is 8.22 Å². The third-order valence-corrected chi connectivity index (χ3v) is 2.21. The molecule has 0 heterocycles. The molecule has 17 heavy (non-hydrogen) atoms. The quantitative estimate of drug-likeness (QED) is 0.694. The summed E-state index contributed by atoms with van der Waals surface area (Å²) in [6.07, 6.45) is -5.02. The zero-order chi connectivity index (χ0) is 17.0. The Hall–Kier alpha value is -1.82. The number of allylic oxidation sites excluding steroid dienone is 1. The smallest absolute Gasteiger partial charge is 0.0626 e. The third-order valence-electron chi connectivity index (χ3n) is 2.21. The van der Waals surface area contributed by atoms with Gasteiger partial charge in [0.05, 0.1) is 2.74 Å². The molecule has 0 aliphatic heterocycles. The van der Waals surface area contributed by atoms with Crippen LogP contribution in [0.3, 0.4) is 0 Å². The molecule has 0 heteroatoms. The second kappa shape index (κ2) is 6.70. The first-order valence-electron chi connectivity index (χ1n) is 8.64. The summed E-state index contributed by atoms with van der Waals surface area (Å²) in [4.78, 5) is 0. The molecule has 0 fully saturated rings. The van der Waals surface area contributed by atoms with E-state index in [2.05, 4.69) is 0 Å². The Balaban J connectivity index is 2.33. The van der Waals surface area contributed by atoms with E-state index in [1.165, 1.54) is 0 Å². The van der Waals surface area contributed by atoms with Crippen molar-refractivity contribution in [1.29, 1.82) is 0 Å². The molecule has 0 nitrogen and oxygen atoms in total. The molecule has 2 rings (SSSR count). The van der Waals surface area contributed by atoms with Gasteiger partial charge in [-0.3, -0.25) is 0 Å². The van der Waals surface area contributed by atoms with Gasteiger partial charge in [0.2, 0.25) is 0 Å². The maximum Gasteiger partial charge on any atom is 0.0626 e. The average Bonchev–Trinajstić information content (AvgIpc) is 2.60. The maximum absolute atomic E-state index is 8.12. The average molecular weight is 228 g/mol. The Morgan fingerprint density at radius 2 is 1.59 bits per heavy atom. The summed E-state index contributed by atoms with van der Waals surface area (Å²) in [5.74, 6) is 0. The van der Waals surface area contributed by atoms with E-state index in [9.17, 15) is 0 Å².